The molecule has 0 aliphatic carbocycles. The normalized spacial score (nSPS) is 8.86. The number of carbonyl (C=O) groups is 1. The lowest BCUT2D eigenvalue weighted by atomic mass is 10.4. The van der Waals surface area contributed by atoms with Crippen LogP contribution < -0.4 is 5.32 Å². The maximum absolute atomic E-state index is 11.1. The first kappa shape index (κ1) is 10.5. The summed E-state index contributed by atoms with van der Waals surface area (Å²) in [4.78, 5) is 14.9. The van der Waals surface area contributed by atoms with E-state index in [0.717, 1.165) is 0 Å². The van der Waals surface area contributed by atoms with Crippen molar-refractivity contribution in [3.63, 3.8) is 0 Å². The minimum atomic E-state index is -0.588. The predicted molar refractivity (Wildman–Crippen MR) is 55.7 cm³/mol. The molecule has 0 spiro atoms. The van der Waals surface area contributed by atoms with Crippen molar-refractivity contribution >= 4 is 27.7 Å². The van der Waals surface area contributed by atoms with E-state index in [4.69, 9.17) is 6.42 Å². The number of nitrogens with one attached hydrogen (secondary N) is 1. The Hall–Kier alpha value is -1.54. The van der Waals surface area contributed by atoms with Crippen molar-refractivity contribution in [1.82, 2.24) is 4.98 Å². The van der Waals surface area contributed by atoms with Gasteiger partial charge in [0.25, 0.3) is 0 Å². The molecule has 0 fully saturated rings. The number of carbonyl (C=O) groups excluding carboxylic acids is 1. The van der Waals surface area contributed by atoms with E-state index in [-0.39, 0.29) is 6.61 Å². The molecule has 1 heterocycles. The third-order valence-corrected chi connectivity index (χ3v) is 1.93. The molecule has 5 heteroatoms. The van der Waals surface area contributed by atoms with Crippen LogP contribution in [0.4, 0.5) is 10.5 Å². The fourth-order valence-electron chi connectivity index (χ4n) is 0.730. The quantitative estimate of drug-likeness (QED) is 0.822. The average molecular weight is 255 g/mol. The lowest BCUT2D eigenvalue weighted by Gasteiger charge is -2.05. The zero-order valence-electron chi connectivity index (χ0n) is 7.16. The summed E-state index contributed by atoms with van der Waals surface area (Å²) in [5, 5.41) is 2.50. The van der Waals surface area contributed by atoms with Gasteiger partial charge in [-0.1, -0.05) is 5.92 Å². The van der Waals surface area contributed by atoms with Gasteiger partial charge in [-0.05, 0) is 22.0 Å². The summed E-state index contributed by atoms with van der Waals surface area (Å²) in [6.07, 6.45) is 7.46. The minimum Gasteiger partial charge on any atom is -0.436 e. The first-order valence-corrected chi connectivity index (χ1v) is 4.50. The van der Waals surface area contributed by atoms with Crippen molar-refractivity contribution < 1.29 is 9.53 Å². The van der Waals surface area contributed by atoms with Crippen molar-refractivity contribution in [2.45, 2.75) is 0 Å². The molecule has 1 N–H and O–H groups in total. The zero-order valence-corrected chi connectivity index (χ0v) is 8.74. The summed E-state index contributed by atoms with van der Waals surface area (Å²) < 4.78 is 5.30. The summed E-state index contributed by atoms with van der Waals surface area (Å²) in [6, 6.07) is 1.64. The summed E-state index contributed by atoms with van der Waals surface area (Å²) in [5.74, 6) is 2.19. The number of anilines is 1. The van der Waals surface area contributed by atoms with E-state index in [1.807, 2.05) is 0 Å². The lowest BCUT2D eigenvalue weighted by molar-refractivity contribution is 0.176. The van der Waals surface area contributed by atoms with Gasteiger partial charge in [0.2, 0.25) is 0 Å². The molecule has 72 valence electrons. The number of rotatable bonds is 2. The van der Waals surface area contributed by atoms with Gasteiger partial charge in [-0.25, -0.2) is 4.79 Å². The van der Waals surface area contributed by atoms with Crippen LogP contribution in [0.15, 0.2) is 22.9 Å². The fraction of sp³-hybridized carbons (Fsp3) is 0.111. The molecule has 0 bridgehead atoms. The molecule has 0 unspecified atom stereocenters. The molecule has 1 aromatic rings. The monoisotopic (exact) mass is 254 g/mol. The van der Waals surface area contributed by atoms with Gasteiger partial charge in [0.1, 0.15) is 0 Å². The van der Waals surface area contributed by atoms with Gasteiger partial charge in [-0.3, -0.25) is 10.3 Å². The smallest absolute Gasteiger partial charge is 0.412 e. The molecular weight excluding hydrogens is 248 g/mol. The molecule has 0 radical (unpaired) electrons. The number of hydrogen-bond acceptors (Lipinski definition) is 3. The van der Waals surface area contributed by atoms with E-state index in [2.05, 4.69) is 36.9 Å². The van der Waals surface area contributed by atoms with Crippen LogP contribution in [0.1, 0.15) is 0 Å². The minimum absolute atomic E-state index is 0.0471. The largest absolute Gasteiger partial charge is 0.436 e. The van der Waals surface area contributed by atoms with Gasteiger partial charge in [0.15, 0.2) is 6.61 Å². The van der Waals surface area contributed by atoms with Crippen LogP contribution in [0.2, 0.25) is 0 Å². The fourth-order valence-corrected chi connectivity index (χ4v) is 1.08. The SMILES string of the molecule is C#CCOC(=O)Nc1ccncc1Br. The molecule has 1 aromatic heterocycles. The highest BCUT2D eigenvalue weighted by atomic mass is 79.9. The van der Waals surface area contributed by atoms with Crippen LogP contribution in [-0.4, -0.2) is 17.7 Å². The van der Waals surface area contributed by atoms with Gasteiger partial charge in [-0.15, -0.1) is 6.42 Å². The van der Waals surface area contributed by atoms with Gasteiger partial charge in [0, 0.05) is 12.4 Å². The Morgan fingerprint density at radius 2 is 2.57 bits per heavy atom. The van der Waals surface area contributed by atoms with Crippen LogP contribution in [0, 0.1) is 12.3 Å². The molecule has 0 saturated heterocycles. The molecule has 1 amide bonds. The van der Waals surface area contributed by atoms with Gasteiger partial charge < -0.3 is 4.74 Å². The molecule has 0 aliphatic heterocycles. The Labute approximate surface area is 89.8 Å². The molecule has 0 aliphatic rings. The standard InChI is InChI=1S/C9H7BrN2O2/c1-2-5-14-9(13)12-8-3-4-11-6-7(8)10/h1,3-4,6H,5H2,(H,11,12,13). The van der Waals surface area contributed by atoms with Crippen molar-refractivity contribution in [2.75, 3.05) is 11.9 Å². The summed E-state index contributed by atoms with van der Waals surface area (Å²) >= 11 is 3.22. The van der Waals surface area contributed by atoms with Crippen LogP contribution in [-0.2, 0) is 4.74 Å². The van der Waals surface area contributed by atoms with Gasteiger partial charge >= 0.3 is 6.09 Å². The first-order valence-electron chi connectivity index (χ1n) is 3.71. The summed E-state index contributed by atoms with van der Waals surface area (Å²) in [7, 11) is 0. The number of ether oxygens (including phenoxy) is 1. The van der Waals surface area contributed by atoms with Crippen LogP contribution in [0.5, 0.6) is 0 Å². The number of hydrogen-bond donors (Lipinski definition) is 1. The molecule has 0 atom stereocenters. The summed E-state index contributed by atoms with van der Waals surface area (Å²) in [6.45, 7) is -0.0471. The highest BCUT2D eigenvalue weighted by Gasteiger charge is 2.04. The number of amides is 1. The second-order valence-electron chi connectivity index (χ2n) is 2.26. The highest BCUT2D eigenvalue weighted by molar-refractivity contribution is 9.10. The average Bonchev–Trinajstić information content (AvgIpc) is 2.18. The Bertz CT molecular complexity index is 373. The first-order chi connectivity index (χ1) is 6.74. The molecule has 0 aromatic carbocycles. The Balaban J connectivity index is 2.57. The van der Waals surface area contributed by atoms with E-state index in [1.165, 1.54) is 0 Å². The van der Waals surface area contributed by atoms with Crippen molar-refractivity contribution in [3.8, 4) is 12.3 Å². The second kappa shape index (κ2) is 5.25. The highest BCUT2D eigenvalue weighted by Crippen LogP contribution is 2.19. The van der Waals surface area contributed by atoms with Crippen LogP contribution in [0.25, 0.3) is 0 Å². The van der Waals surface area contributed by atoms with Crippen LogP contribution >= 0.6 is 15.9 Å². The van der Waals surface area contributed by atoms with E-state index in [9.17, 15) is 4.79 Å². The third kappa shape index (κ3) is 3.07. The predicted octanol–water partition coefficient (Wildman–Crippen LogP) is 2.03. The Morgan fingerprint density at radius 3 is 3.21 bits per heavy atom. The molecular formula is C9H7BrN2O2. The molecule has 1 rings (SSSR count). The molecule has 14 heavy (non-hydrogen) atoms. The number of halogens is 1. The molecule has 4 nitrogen and oxygen atoms in total. The maximum atomic E-state index is 11.1. The Kier molecular flexibility index (Phi) is 3.95. The second-order valence-corrected chi connectivity index (χ2v) is 3.12. The van der Waals surface area contributed by atoms with E-state index in [0.29, 0.717) is 10.2 Å². The van der Waals surface area contributed by atoms with E-state index in [1.54, 1.807) is 18.5 Å². The van der Waals surface area contributed by atoms with Crippen molar-refractivity contribution in [1.29, 1.82) is 0 Å². The van der Waals surface area contributed by atoms with Gasteiger partial charge in [0.05, 0.1) is 10.2 Å². The molecule has 0 saturated carbocycles. The number of pyridine rings is 1. The maximum Gasteiger partial charge on any atom is 0.412 e. The number of terminal acetylenes is 1. The van der Waals surface area contributed by atoms with Crippen molar-refractivity contribution in [3.05, 3.63) is 22.9 Å². The van der Waals surface area contributed by atoms with Crippen molar-refractivity contribution in [2.24, 2.45) is 0 Å². The van der Waals surface area contributed by atoms with Gasteiger partial charge in [-0.2, -0.15) is 0 Å². The van der Waals surface area contributed by atoms with E-state index >= 15 is 0 Å². The lowest BCUT2D eigenvalue weighted by Crippen LogP contribution is -2.14. The van der Waals surface area contributed by atoms with E-state index < -0.39 is 6.09 Å². The third-order valence-electron chi connectivity index (χ3n) is 1.30. The van der Waals surface area contributed by atoms with Crippen LogP contribution in [0.3, 0.4) is 0 Å². The Morgan fingerprint density at radius 1 is 1.79 bits per heavy atom. The zero-order chi connectivity index (χ0) is 10.4. The summed E-state index contributed by atoms with van der Waals surface area (Å²) in [5.41, 5.74) is 0.585. The number of aromatic nitrogens is 1. The number of nitrogens with zero attached hydrogens (tertiary/aromatic N) is 1. The topological polar surface area (TPSA) is 51.2 Å².